The van der Waals surface area contributed by atoms with Gasteiger partial charge in [0.2, 0.25) is 0 Å². The number of hydrogen-bond donors (Lipinski definition) is 2. The summed E-state index contributed by atoms with van der Waals surface area (Å²) in [5.41, 5.74) is 1.90. The highest BCUT2D eigenvalue weighted by Crippen LogP contribution is 2.27. The zero-order chi connectivity index (χ0) is 15.2. The number of aryl methyl sites for hydroxylation is 1. The first-order valence-electron chi connectivity index (χ1n) is 8.02. The lowest BCUT2D eigenvalue weighted by Gasteiger charge is -2.15. The first kappa shape index (κ1) is 15.7. The van der Waals surface area contributed by atoms with Crippen LogP contribution in [0.3, 0.4) is 0 Å². The summed E-state index contributed by atoms with van der Waals surface area (Å²) in [6.07, 6.45) is 7.71. The molecule has 1 heterocycles. The van der Waals surface area contributed by atoms with Crippen molar-refractivity contribution in [2.45, 2.75) is 58.8 Å². The van der Waals surface area contributed by atoms with E-state index in [1.165, 1.54) is 25.7 Å². The molecule has 1 aromatic heterocycles. The standard InChI is InChI=1S/C16H25N3O2/c1-3-12-13(4-2)18-19-15(14(12)16(20)21)17-10-9-11-7-5-6-8-11/h11H,3-10H2,1-2H3,(H,17,19)(H,20,21). The Morgan fingerprint density at radius 1 is 1.24 bits per heavy atom. The van der Waals surface area contributed by atoms with Gasteiger partial charge in [0.15, 0.2) is 5.82 Å². The molecule has 5 nitrogen and oxygen atoms in total. The number of carbonyl (C=O) groups is 1. The number of carboxylic acids is 1. The highest BCUT2D eigenvalue weighted by Gasteiger charge is 2.20. The van der Waals surface area contributed by atoms with Crippen LogP contribution in [0.2, 0.25) is 0 Å². The smallest absolute Gasteiger partial charge is 0.339 e. The van der Waals surface area contributed by atoms with Crippen LogP contribution in [-0.4, -0.2) is 27.8 Å². The minimum Gasteiger partial charge on any atom is -0.478 e. The summed E-state index contributed by atoms with van der Waals surface area (Å²) in [6, 6.07) is 0. The minimum absolute atomic E-state index is 0.302. The Hall–Kier alpha value is -1.65. The number of carboxylic acid groups (broad SMARTS) is 1. The van der Waals surface area contributed by atoms with Crippen molar-refractivity contribution in [3.63, 3.8) is 0 Å². The fourth-order valence-electron chi connectivity index (χ4n) is 3.22. The molecule has 0 saturated heterocycles. The second-order valence-electron chi connectivity index (χ2n) is 5.73. The molecule has 1 aliphatic rings. The SMILES string of the molecule is CCc1nnc(NCCC2CCCC2)c(C(=O)O)c1CC. The van der Waals surface area contributed by atoms with Gasteiger partial charge in [0.25, 0.3) is 0 Å². The summed E-state index contributed by atoms with van der Waals surface area (Å²) >= 11 is 0. The molecule has 0 aromatic carbocycles. The van der Waals surface area contributed by atoms with E-state index in [1.54, 1.807) is 0 Å². The molecule has 0 aliphatic heterocycles. The summed E-state index contributed by atoms with van der Waals surface area (Å²) in [5, 5.41) is 21.0. The molecular weight excluding hydrogens is 266 g/mol. The quantitative estimate of drug-likeness (QED) is 0.806. The van der Waals surface area contributed by atoms with E-state index in [-0.39, 0.29) is 0 Å². The number of nitrogens with one attached hydrogen (secondary N) is 1. The van der Waals surface area contributed by atoms with Crippen molar-refractivity contribution in [3.8, 4) is 0 Å². The van der Waals surface area contributed by atoms with Gasteiger partial charge in [-0.3, -0.25) is 0 Å². The molecular formula is C16H25N3O2. The van der Waals surface area contributed by atoms with Crippen molar-refractivity contribution in [1.82, 2.24) is 10.2 Å². The maximum Gasteiger partial charge on any atom is 0.339 e. The average Bonchev–Trinajstić information content (AvgIpc) is 2.99. The van der Waals surface area contributed by atoms with Crippen LogP contribution >= 0.6 is 0 Å². The Kier molecular flexibility index (Phi) is 5.53. The third kappa shape index (κ3) is 3.71. The predicted molar refractivity (Wildman–Crippen MR) is 82.8 cm³/mol. The normalized spacial score (nSPS) is 15.3. The number of anilines is 1. The lowest BCUT2D eigenvalue weighted by atomic mass is 10.0. The molecule has 0 atom stereocenters. The van der Waals surface area contributed by atoms with Gasteiger partial charge in [0, 0.05) is 6.54 Å². The van der Waals surface area contributed by atoms with Crippen molar-refractivity contribution in [2.75, 3.05) is 11.9 Å². The Balaban J connectivity index is 2.12. The zero-order valence-corrected chi connectivity index (χ0v) is 13.0. The summed E-state index contributed by atoms with van der Waals surface area (Å²) in [4.78, 5) is 11.6. The summed E-state index contributed by atoms with van der Waals surface area (Å²) in [5.74, 6) is 0.286. The van der Waals surface area contributed by atoms with Gasteiger partial charge >= 0.3 is 5.97 Å². The van der Waals surface area contributed by atoms with E-state index in [4.69, 9.17) is 0 Å². The van der Waals surface area contributed by atoms with E-state index in [1.807, 2.05) is 13.8 Å². The van der Waals surface area contributed by atoms with Crippen molar-refractivity contribution in [3.05, 3.63) is 16.8 Å². The lowest BCUT2D eigenvalue weighted by molar-refractivity contribution is 0.0696. The van der Waals surface area contributed by atoms with E-state index in [0.29, 0.717) is 24.2 Å². The molecule has 1 saturated carbocycles. The highest BCUT2D eigenvalue weighted by molar-refractivity contribution is 5.95. The Morgan fingerprint density at radius 3 is 2.52 bits per heavy atom. The van der Waals surface area contributed by atoms with Gasteiger partial charge in [-0.25, -0.2) is 4.79 Å². The van der Waals surface area contributed by atoms with E-state index < -0.39 is 5.97 Å². The second kappa shape index (κ2) is 7.38. The number of nitrogens with zero attached hydrogens (tertiary/aromatic N) is 2. The second-order valence-corrected chi connectivity index (χ2v) is 5.73. The van der Waals surface area contributed by atoms with E-state index in [0.717, 1.165) is 30.1 Å². The van der Waals surface area contributed by atoms with Crippen LogP contribution in [0.25, 0.3) is 0 Å². The number of aromatic carboxylic acids is 1. The summed E-state index contributed by atoms with van der Waals surface area (Å²) in [7, 11) is 0. The molecule has 116 valence electrons. The lowest BCUT2D eigenvalue weighted by Crippen LogP contribution is -2.16. The maximum atomic E-state index is 11.6. The van der Waals surface area contributed by atoms with Crippen molar-refractivity contribution < 1.29 is 9.90 Å². The van der Waals surface area contributed by atoms with Crippen LogP contribution in [0.5, 0.6) is 0 Å². The maximum absolute atomic E-state index is 11.6. The van der Waals surface area contributed by atoms with E-state index in [2.05, 4.69) is 15.5 Å². The molecule has 0 bridgehead atoms. The molecule has 1 aliphatic carbocycles. The van der Waals surface area contributed by atoms with Crippen LogP contribution in [0.4, 0.5) is 5.82 Å². The number of rotatable bonds is 7. The van der Waals surface area contributed by atoms with Gasteiger partial charge in [-0.05, 0) is 30.7 Å². The third-order valence-corrected chi connectivity index (χ3v) is 4.38. The molecule has 0 spiro atoms. The fourth-order valence-corrected chi connectivity index (χ4v) is 3.22. The third-order valence-electron chi connectivity index (χ3n) is 4.38. The summed E-state index contributed by atoms with van der Waals surface area (Å²) < 4.78 is 0. The molecule has 5 heteroatoms. The van der Waals surface area contributed by atoms with Crippen LogP contribution in [0.15, 0.2) is 0 Å². The molecule has 2 N–H and O–H groups in total. The minimum atomic E-state index is -0.917. The molecule has 21 heavy (non-hydrogen) atoms. The van der Waals surface area contributed by atoms with E-state index >= 15 is 0 Å². The topological polar surface area (TPSA) is 75.1 Å². The van der Waals surface area contributed by atoms with Crippen molar-refractivity contribution in [2.24, 2.45) is 5.92 Å². The van der Waals surface area contributed by atoms with Gasteiger partial charge in [-0.2, -0.15) is 5.10 Å². The van der Waals surface area contributed by atoms with E-state index in [9.17, 15) is 9.90 Å². The molecule has 0 radical (unpaired) electrons. The van der Waals surface area contributed by atoms with Gasteiger partial charge in [-0.15, -0.1) is 5.10 Å². The summed E-state index contributed by atoms with van der Waals surface area (Å²) in [6.45, 7) is 4.71. The molecule has 1 fully saturated rings. The van der Waals surface area contributed by atoms with Crippen LogP contribution < -0.4 is 5.32 Å². The first-order valence-corrected chi connectivity index (χ1v) is 8.02. The number of aromatic nitrogens is 2. The zero-order valence-electron chi connectivity index (χ0n) is 13.0. The van der Waals surface area contributed by atoms with Gasteiger partial charge < -0.3 is 10.4 Å². The molecule has 0 amide bonds. The molecule has 2 rings (SSSR count). The first-order chi connectivity index (χ1) is 10.2. The highest BCUT2D eigenvalue weighted by atomic mass is 16.4. The largest absolute Gasteiger partial charge is 0.478 e. The van der Waals surface area contributed by atoms with Crippen LogP contribution in [0, 0.1) is 5.92 Å². The Bertz CT molecular complexity index is 497. The van der Waals surface area contributed by atoms with Crippen LogP contribution in [-0.2, 0) is 12.8 Å². The molecule has 1 aromatic rings. The average molecular weight is 291 g/mol. The van der Waals surface area contributed by atoms with Gasteiger partial charge in [0.05, 0.1) is 5.69 Å². The van der Waals surface area contributed by atoms with Crippen LogP contribution in [0.1, 0.15) is 67.6 Å². The van der Waals surface area contributed by atoms with Crippen molar-refractivity contribution in [1.29, 1.82) is 0 Å². The predicted octanol–water partition coefficient (Wildman–Crippen LogP) is 3.29. The van der Waals surface area contributed by atoms with Crippen molar-refractivity contribution >= 4 is 11.8 Å². The molecule has 0 unspecified atom stereocenters. The Morgan fingerprint density at radius 2 is 1.95 bits per heavy atom. The fraction of sp³-hybridized carbons (Fsp3) is 0.688. The number of hydrogen-bond acceptors (Lipinski definition) is 4. The van der Waals surface area contributed by atoms with Gasteiger partial charge in [-0.1, -0.05) is 39.5 Å². The van der Waals surface area contributed by atoms with Gasteiger partial charge in [0.1, 0.15) is 5.56 Å². The Labute approximate surface area is 126 Å². The monoisotopic (exact) mass is 291 g/mol.